The molecule has 0 aromatic heterocycles. The minimum absolute atomic E-state index is 0.0306. The average Bonchev–Trinajstić information content (AvgIpc) is 1.97. The Hall–Kier alpha value is -0.340. The molecule has 0 saturated carbocycles. The normalized spacial score (nSPS) is 11.5. The second-order valence-electron chi connectivity index (χ2n) is 3.21. The fourth-order valence-electron chi connectivity index (χ4n) is 0.783. The summed E-state index contributed by atoms with van der Waals surface area (Å²) < 4.78 is 5.52. The zero-order valence-electron chi connectivity index (χ0n) is 7.81. The number of rotatable bonds is 6. The number of hydrogen-bond donors (Lipinski definition) is 1. The van der Waals surface area contributed by atoms with Gasteiger partial charge < -0.3 is 10.1 Å². The number of ether oxygens (including phenoxy) is 1. The summed E-state index contributed by atoms with van der Waals surface area (Å²) in [5, 5.41) is 3.09. The van der Waals surface area contributed by atoms with Crippen LogP contribution in [-0.4, -0.2) is 25.8 Å². The van der Waals surface area contributed by atoms with Crippen molar-refractivity contribution in [1.82, 2.24) is 5.32 Å². The molecule has 1 N–H and O–H groups in total. The molecule has 0 heterocycles. The average molecular weight is 157 g/mol. The molecule has 0 amide bonds. The van der Waals surface area contributed by atoms with E-state index in [1.54, 1.807) is 6.08 Å². The minimum Gasteiger partial charge on any atom is -0.371 e. The maximum Gasteiger partial charge on any atom is 0.0652 e. The van der Waals surface area contributed by atoms with E-state index in [0.717, 1.165) is 13.0 Å². The summed E-state index contributed by atoms with van der Waals surface area (Å²) in [5.74, 6) is 0. The van der Waals surface area contributed by atoms with Gasteiger partial charge in [0.15, 0.2) is 0 Å². The predicted molar refractivity (Wildman–Crippen MR) is 48.8 cm³/mol. The van der Waals surface area contributed by atoms with Crippen molar-refractivity contribution in [1.29, 1.82) is 0 Å². The summed E-state index contributed by atoms with van der Waals surface area (Å²) >= 11 is 0. The van der Waals surface area contributed by atoms with Crippen LogP contribution in [0.1, 0.15) is 20.3 Å². The van der Waals surface area contributed by atoms with E-state index in [1.165, 1.54) is 0 Å². The quantitative estimate of drug-likeness (QED) is 0.591. The highest BCUT2D eigenvalue weighted by atomic mass is 16.5. The van der Waals surface area contributed by atoms with Crippen LogP contribution in [-0.2, 0) is 4.74 Å². The predicted octanol–water partition coefficient (Wildman–Crippen LogP) is 1.58. The topological polar surface area (TPSA) is 21.3 Å². The molecule has 0 spiro atoms. The molecule has 0 aliphatic carbocycles. The molecular formula is C9H19NO. The van der Waals surface area contributed by atoms with Crippen molar-refractivity contribution in [2.45, 2.75) is 25.9 Å². The van der Waals surface area contributed by atoms with Crippen molar-refractivity contribution in [2.24, 2.45) is 0 Å². The zero-order chi connectivity index (χ0) is 8.74. The van der Waals surface area contributed by atoms with E-state index in [9.17, 15) is 0 Å². The van der Waals surface area contributed by atoms with E-state index >= 15 is 0 Å². The molecule has 0 aromatic carbocycles. The van der Waals surface area contributed by atoms with Gasteiger partial charge in [-0.1, -0.05) is 6.08 Å². The lowest BCUT2D eigenvalue weighted by molar-refractivity contribution is -0.00636. The molecule has 0 aliphatic rings. The third-order valence-electron chi connectivity index (χ3n) is 1.57. The Kier molecular flexibility index (Phi) is 5.16. The molecule has 66 valence electrons. The van der Waals surface area contributed by atoms with Crippen molar-refractivity contribution in [3.8, 4) is 0 Å². The first-order valence-electron chi connectivity index (χ1n) is 4.02. The van der Waals surface area contributed by atoms with Gasteiger partial charge in [-0.3, -0.25) is 0 Å². The molecule has 0 saturated heterocycles. The Morgan fingerprint density at radius 1 is 1.55 bits per heavy atom. The first kappa shape index (κ1) is 10.7. The molecule has 0 bridgehead atoms. The van der Waals surface area contributed by atoms with Crippen molar-refractivity contribution in [3.63, 3.8) is 0 Å². The standard InChI is InChI=1S/C9H19NO/c1-5-8-11-9(2,3)6-7-10-4/h5,10H,1,6-8H2,2-4H3. The van der Waals surface area contributed by atoms with Crippen molar-refractivity contribution >= 4 is 0 Å². The summed E-state index contributed by atoms with van der Waals surface area (Å²) in [5.41, 5.74) is -0.0306. The van der Waals surface area contributed by atoms with E-state index in [2.05, 4.69) is 25.7 Å². The Labute approximate surface area is 69.6 Å². The molecule has 2 heteroatoms. The van der Waals surface area contributed by atoms with Gasteiger partial charge in [-0.05, 0) is 33.9 Å². The van der Waals surface area contributed by atoms with Crippen molar-refractivity contribution in [2.75, 3.05) is 20.2 Å². The Bertz CT molecular complexity index is 110. The van der Waals surface area contributed by atoms with Gasteiger partial charge in [0.1, 0.15) is 0 Å². The fourth-order valence-corrected chi connectivity index (χ4v) is 0.783. The lowest BCUT2D eigenvalue weighted by atomic mass is 10.1. The highest BCUT2D eigenvalue weighted by Gasteiger charge is 2.15. The smallest absolute Gasteiger partial charge is 0.0652 e. The van der Waals surface area contributed by atoms with Crippen molar-refractivity contribution in [3.05, 3.63) is 12.7 Å². The SMILES string of the molecule is C=CCOC(C)(C)CCNC. The molecule has 0 aromatic rings. The third kappa shape index (κ3) is 6.07. The number of nitrogens with one attached hydrogen (secondary N) is 1. The first-order valence-corrected chi connectivity index (χ1v) is 4.02. The van der Waals surface area contributed by atoms with Crippen LogP contribution in [0.25, 0.3) is 0 Å². The third-order valence-corrected chi connectivity index (χ3v) is 1.57. The van der Waals surface area contributed by atoms with Gasteiger partial charge in [-0.15, -0.1) is 6.58 Å². The van der Waals surface area contributed by atoms with Gasteiger partial charge >= 0.3 is 0 Å². The molecule has 0 aliphatic heterocycles. The van der Waals surface area contributed by atoms with E-state index in [4.69, 9.17) is 4.74 Å². The molecule has 0 fully saturated rings. The fraction of sp³-hybridized carbons (Fsp3) is 0.778. The maximum atomic E-state index is 5.52. The molecular weight excluding hydrogens is 138 g/mol. The Balaban J connectivity index is 3.51. The molecule has 0 unspecified atom stereocenters. The maximum absolute atomic E-state index is 5.52. The number of hydrogen-bond acceptors (Lipinski definition) is 2. The summed E-state index contributed by atoms with van der Waals surface area (Å²) in [6.07, 6.45) is 2.80. The molecule has 0 rings (SSSR count). The van der Waals surface area contributed by atoms with E-state index in [1.807, 2.05) is 7.05 Å². The largest absolute Gasteiger partial charge is 0.371 e. The van der Waals surface area contributed by atoms with Crippen LogP contribution in [0.2, 0.25) is 0 Å². The highest BCUT2D eigenvalue weighted by molar-refractivity contribution is 4.73. The van der Waals surface area contributed by atoms with Gasteiger partial charge in [0, 0.05) is 0 Å². The van der Waals surface area contributed by atoms with Gasteiger partial charge in [0.05, 0.1) is 12.2 Å². The van der Waals surface area contributed by atoms with Crippen LogP contribution in [0.5, 0.6) is 0 Å². The Morgan fingerprint density at radius 2 is 2.18 bits per heavy atom. The van der Waals surface area contributed by atoms with Crippen molar-refractivity contribution < 1.29 is 4.74 Å². The van der Waals surface area contributed by atoms with E-state index in [0.29, 0.717) is 6.61 Å². The van der Waals surface area contributed by atoms with Crippen LogP contribution >= 0.6 is 0 Å². The van der Waals surface area contributed by atoms with E-state index < -0.39 is 0 Å². The minimum atomic E-state index is -0.0306. The molecule has 0 radical (unpaired) electrons. The molecule has 11 heavy (non-hydrogen) atoms. The first-order chi connectivity index (χ1) is 5.12. The highest BCUT2D eigenvalue weighted by Crippen LogP contribution is 2.12. The second kappa shape index (κ2) is 5.33. The lowest BCUT2D eigenvalue weighted by Crippen LogP contribution is -2.28. The van der Waals surface area contributed by atoms with Crippen LogP contribution in [0.4, 0.5) is 0 Å². The van der Waals surface area contributed by atoms with Crippen LogP contribution in [0.15, 0.2) is 12.7 Å². The van der Waals surface area contributed by atoms with Crippen LogP contribution < -0.4 is 5.32 Å². The lowest BCUT2D eigenvalue weighted by Gasteiger charge is -2.24. The summed E-state index contributed by atoms with van der Waals surface area (Å²) in [6.45, 7) is 9.41. The molecule has 2 nitrogen and oxygen atoms in total. The van der Waals surface area contributed by atoms with Crippen LogP contribution in [0, 0.1) is 0 Å². The van der Waals surface area contributed by atoms with E-state index in [-0.39, 0.29) is 5.60 Å². The monoisotopic (exact) mass is 157 g/mol. The Morgan fingerprint density at radius 3 is 2.64 bits per heavy atom. The summed E-state index contributed by atoms with van der Waals surface area (Å²) in [6, 6.07) is 0. The van der Waals surface area contributed by atoms with Crippen LogP contribution in [0.3, 0.4) is 0 Å². The van der Waals surface area contributed by atoms with Gasteiger partial charge in [-0.25, -0.2) is 0 Å². The zero-order valence-corrected chi connectivity index (χ0v) is 7.81. The summed E-state index contributed by atoms with van der Waals surface area (Å²) in [4.78, 5) is 0. The summed E-state index contributed by atoms with van der Waals surface area (Å²) in [7, 11) is 1.95. The van der Waals surface area contributed by atoms with Gasteiger partial charge in [-0.2, -0.15) is 0 Å². The second-order valence-corrected chi connectivity index (χ2v) is 3.21. The molecule has 0 atom stereocenters. The van der Waals surface area contributed by atoms with Gasteiger partial charge in [0.25, 0.3) is 0 Å². The van der Waals surface area contributed by atoms with Gasteiger partial charge in [0.2, 0.25) is 0 Å².